The van der Waals surface area contributed by atoms with Crippen molar-refractivity contribution in [2.24, 2.45) is 0 Å². The summed E-state index contributed by atoms with van der Waals surface area (Å²) < 4.78 is 8.89. The molecular weight excluding hydrogens is 765 g/mol. The number of para-hydroxylation sites is 4. The van der Waals surface area contributed by atoms with Gasteiger partial charge in [0.2, 0.25) is 0 Å². The fourth-order valence-electron chi connectivity index (χ4n) is 9.59. The molecule has 0 aliphatic carbocycles. The van der Waals surface area contributed by atoms with Gasteiger partial charge in [0.05, 0.1) is 27.8 Å². The van der Waals surface area contributed by atoms with Gasteiger partial charge in [0, 0.05) is 33.1 Å². The van der Waals surface area contributed by atoms with Crippen LogP contribution in [0.15, 0.2) is 247 Å². The number of anilines is 3. The standard InChI is InChI=1S/C60H40N2O/c1-2-17-41(18-3-1)42-33-35-43(36-34-42)46-19-4-5-20-47(46)48-21-6-7-22-49(48)50-23-8-12-27-54(50)62(57-30-16-32-59-60(57)53-26-11-15-31-58(53)63-59)45-39-37-44(38-40-45)61-55-28-13-9-24-51(55)52-25-10-14-29-56(52)61/h1-40H. The van der Waals surface area contributed by atoms with Gasteiger partial charge in [-0.3, -0.25) is 0 Å². The van der Waals surface area contributed by atoms with Crippen LogP contribution in [0.4, 0.5) is 17.1 Å². The SMILES string of the molecule is c1ccc(-c2ccc(-c3ccccc3-c3ccccc3-c3ccccc3N(c3ccc(-n4c5ccccc5c5ccccc54)cc3)c3cccc4oc5ccccc5c34)cc2)cc1. The third kappa shape index (κ3) is 6.21. The van der Waals surface area contributed by atoms with E-state index >= 15 is 0 Å². The van der Waals surface area contributed by atoms with Crippen molar-refractivity contribution < 1.29 is 4.42 Å². The van der Waals surface area contributed by atoms with Crippen LogP contribution < -0.4 is 4.90 Å². The topological polar surface area (TPSA) is 21.3 Å². The van der Waals surface area contributed by atoms with Crippen LogP contribution in [0.25, 0.3) is 93.9 Å². The summed E-state index contributed by atoms with van der Waals surface area (Å²) in [4.78, 5) is 2.42. The molecule has 3 nitrogen and oxygen atoms in total. The summed E-state index contributed by atoms with van der Waals surface area (Å²) in [6.45, 7) is 0. The maximum atomic E-state index is 6.51. The molecule has 10 aromatic carbocycles. The van der Waals surface area contributed by atoms with Crippen molar-refractivity contribution in [3.8, 4) is 50.2 Å². The summed E-state index contributed by atoms with van der Waals surface area (Å²) in [6, 6.07) is 87.1. The molecule has 0 radical (unpaired) electrons. The highest BCUT2D eigenvalue weighted by Crippen LogP contribution is 2.48. The second-order valence-electron chi connectivity index (χ2n) is 16.0. The molecule has 0 saturated heterocycles. The Balaban J connectivity index is 1.04. The third-order valence-corrected chi connectivity index (χ3v) is 12.5. The summed E-state index contributed by atoms with van der Waals surface area (Å²) >= 11 is 0. The monoisotopic (exact) mass is 804 g/mol. The van der Waals surface area contributed by atoms with E-state index in [-0.39, 0.29) is 0 Å². The van der Waals surface area contributed by atoms with Crippen LogP contribution in [0, 0.1) is 0 Å². The molecular formula is C60H40N2O. The van der Waals surface area contributed by atoms with Gasteiger partial charge in [0.1, 0.15) is 11.2 Å². The first-order valence-electron chi connectivity index (χ1n) is 21.5. The van der Waals surface area contributed by atoms with Gasteiger partial charge >= 0.3 is 0 Å². The molecule has 296 valence electrons. The van der Waals surface area contributed by atoms with E-state index in [1.165, 1.54) is 55.2 Å². The smallest absolute Gasteiger partial charge is 0.137 e. The molecule has 63 heavy (non-hydrogen) atoms. The van der Waals surface area contributed by atoms with Crippen LogP contribution in [0.1, 0.15) is 0 Å². The van der Waals surface area contributed by atoms with Crippen LogP contribution in [0.2, 0.25) is 0 Å². The Bertz CT molecular complexity index is 3560. The lowest BCUT2D eigenvalue weighted by Crippen LogP contribution is -2.12. The summed E-state index contributed by atoms with van der Waals surface area (Å²) in [5.41, 5.74) is 17.8. The maximum Gasteiger partial charge on any atom is 0.137 e. The zero-order valence-electron chi connectivity index (χ0n) is 34.4. The van der Waals surface area contributed by atoms with Crippen molar-refractivity contribution >= 4 is 60.8 Å². The number of hydrogen-bond acceptors (Lipinski definition) is 2. The normalized spacial score (nSPS) is 11.5. The van der Waals surface area contributed by atoms with Crippen LogP contribution >= 0.6 is 0 Å². The Labute approximate surface area is 366 Å². The minimum Gasteiger partial charge on any atom is -0.456 e. The molecule has 2 heterocycles. The molecule has 0 N–H and O–H groups in total. The molecule has 0 fully saturated rings. The molecule has 3 heteroatoms. The molecule has 0 saturated carbocycles. The largest absolute Gasteiger partial charge is 0.456 e. The van der Waals surface area contributed by atoms with E-state index in [1.807, 2.05) is 6.07 Å². The number of aromatic nitrogens is 1. The first kappa shape index (κ1) is 36.5. The van der Waals surface area contributed by atoms with Crippen molar-refractivity contribution in [3.63, 3.8) is 0 Å². The highest BCUT2D eigenvalue weighted by molar-refractivity contribution is 6.14. The van der Waals surface area contributed by atoms with Crippen molar-refractivity contribution in [2.75, 3.05) is 4.90 Å². The van der Waals surface area contributed by atoms with Crippen LogP contribution in [-0.2, 0) is 0 Å². The van der Waals surface area contributed by atoms with Crippen LogP contribution in [0.3, 0.4) is 0 Å². The molecule has 0 aliphatic heterocycles. The van der Waals surface area contributed by atoms with E-state index in [0.29, 0.717) is 0 Å². The van der Waals surface area contributed by atoms with Gasteiger partial charge in [0.25, 0.3) is 0 Å². The van der Waals surface area contributed by atoms with Crippen molar-refractivity contribution in [3.05, 3.63) is 243 Å². The maximum absolute atomic E-state index is 6.51. The van der Waals surface area contributed by atoms with E-state index in [1.54, 1.807) is 0 Å². The van der Waals surface area contributed by atoms with Gasteiger partial charge in [-0.15, -0.1) is 0 Å². The average Bonchev–Trinajstić information content (AvgIpc) is 3.91. The molecule has 0 spiro atoms. The van der Waals surface area contributed by atoms with Gasteiger partial charge in [0.15, 0.2) is 0 Å². The number of benzene rings is 10. The van der Waals surface area contributed by atoms with E-state index in [2.05, 4.69) is 246 Å². The lowest BCUT2D eigenvalue weighted by Gasteiger charge is -2.29. The molecule has 2 aromatic heterocycles. The third-order valence-electron chi connectivity index (χ3n) is 12.5. The zero-order chi connectivity index (χ0) is 41.7. The van der Waals surface area contributed by atoms with Crippen molar-refractivity contribution in [1.82, 2.24) is 4.57 Å². The van der Waals surface area contributed by atoms with Crippen LogP contribution in [-0.4, -0.2) is 4.57 Å². The minimum absolute atomic E-state index is 0.852. The summed E-state index contributed by atoms with van der Waals surface area (Å²) in [6.07, 6.45) is 0. The second-order valence-corrected chi connectivity index (χ2v) is 16.0. The van der Waals surface area contributed by atoms with Gasteiger partial charge in [-0.2, -0.15) is 0 Å². The lowest BCUT2D eigenvalue weighted by molar-refractivity contribution is 0.669. The summed E-state index contributed by atoms with van der Waals surface area (Å²) in [5, 5.41) is 4.65. The molecule has 0 aliphatic rings. The fraction of sp³-hybridized carbons (Fsp3) is 0. The Kier molecular flexibility index (Phi) is 8.83. The number of fused-ring (bicyclic) bond motifs is 6. The van der Waals surface area contributed by atoms with Crippen molar-refractivity contribution in [2.45, 2.75) is 0 Å². The average molecular weight is 805 g/mol. The minimum atomic E-state index is 0.852. The highest BCUT2D eigenvalue weighted by Gasteiger charge is 2.24. The quantitative estimate of drug-likeness (QED) is 0.153. The lowest BCUT2D eigenvalue weighted by atomic mass is 9.88. The van der Waals surface area contributed by atoms with E-state index in [0.717, 1.165) is 55.8 Å². The molecule has 0 atom stereocenters. The fourth-order valence-corrected chi connectivity index (χ4v) is 9.59. The first-order chi connectivity index (χ1) is 31.3. The van der Waals surface area contributed by atoms with E-state index in [4.69, 9.17) is 4.42 Å². The Hall–Kier alpha value is -8.40. The number of hydrogen-bond donors (Lipinski definition) is 0. The van der Waals surface area contributed by atoms with Crippen molar-refractivity contribution in [1.29, 1.82) is 0 Å². The molecule has 0 unspecified atom stereocenters. The molecule has 0 bridgehead atoms. The van der Waals surface area contributed by atoms with Gasteiger partial charge in [-0.1, -0.05) is 182 Å². The Morgan fingerprint density at radius 3 is 1.48 bits per heavy atom. The van der Waals surface area contributed by atoms with E-state index in [9.17, 15) is 0 Å². The highest BCUT2D eigenvalue weighted by atomic mass is 16.3. The predicted molar refractivity (Wildman–Crippen MR) is 264 cm³/mol. The molecule has 0 amide bonds. The summed E-state index contributed by atoms with van der Waals surface area (Å²) in [7, 11) is 0. The summed E-state index contributed by atoms with van der Waals surface area (Å²) in [5.74, 6) is 0. The Morgan fingerprint density at radius 2 is 0.778 bits per heavy atom. The van der Waals surface area contributed by atoms with E-state index < -0.39 is 0 Å². The zero-order valence-corrected chi connectivity index (χ0v) is 34.4. The Morgan fingerprint density at radius 1 is 0.302 bits per heavy atom. The number of furan rings is 1. The van der Waals surface area contributed by atoms with Gasteiger partial charge < -0.3 is 13.9 Å². The van der Waals surface area contributed by atoms with Gasteiger partial charge in [-0.25, -0.2) is 0 Å². The second kappa shape index (κ2) is 15.3. The number of nitrogens with zero attached hydrogens (tertiary/aromatic N) is 2. The predicted octanol–water partition coefficient (Wildman–Crippen LogP) is 16.8. The first-order valence-corrected chi connectivity index (χ1v) is 21.5. The molecule has 12 rings (SSSR count). The van der Waals surface area contributed by atoms with Crippen LogP contribution in [0.5, 0.6) is 0 Å². The number of rotatable bonds is 8. The molecule has 12 aromatic rings. The van der Waals surface area contributed by atoms with Gasteiger partial charge in [-0.05, 0) is 99.6 Å².